The van der Waals surface area contributed by atoms with Gasteiger partial charge in [0, 0.05) is 12.3 Å². The van der Waals surface area contributed by atoms with Crippen LogP contribution in [0.25, 0.3) is 0 Å². The fourth-order valence-electron chi connectivity index (χ4n) is 3.84. The molecule has 10 heteroatoms. The summed E-state index contributed by atoms with van der Waals surface area (Å²) in [4.78, 5) is 26.2. The van der Waals surface area contributed by atoms with Gasteiger partial charge in [0.25, 0.3) is 0 Å². The average Bonchev–Trinajstić information content (AvgIpc) is 2.84. The van der Waals surface area contributed by atoms with Gasteiger partial charge in [0.1, 0.15) is 11.8 Å². The third-order valence-electron chi connectivity index (χ3n) is 6.01. The highest BCUT2D eigenvalue weighted by Crippen LogP contribution is 2.33. The van der Waals surface area contributed by atoms with Crippen molar-refractivity contribution in [2.45, 2.75) is 51.1 Å². The molecule has 1 amide bonds. The van der Waals surface area contributed by atoms with Crippen molar-refractivity contribution in [1.82, 2.24) is 5.32 Å². The van der Waals surface area contributed by atoms with E-state index >= 15 is 0 Å². The summed E-state index contributed by atoms with van der Waals surface area (Å²) in [7, 11) is 1.45. The number of ether oxygens (including phenoxy) is 1. The maximum Gasteiger partial charge on any atom is 0.414 e. The van der Waals surface area contributed by atoms with Gasteiger partial charge in [-0.05, 0) is 41.7 Å². The van der Waals surface area contributed by atoms with Crippen molar-refractivity contribution in [3.8, 4) is 11.8 Å². The molecule has 0 radical (unpaired) electrons. The Morgan fingerprint density at radius 1 is 1.14 bits per heavy atom. The van der Waals surface area contributed by atoms with Gasteiger partial charge in [-0.3, -0.25) is 9.59 Å². The summed E-state index contributed by atoms with van der Waals surface area (Å²) in [6, 6.07) is 12.3. The number of alkyl halides is 3. The predicted molar refractivity (Wildman–Crippen MR) is 127 cm³/mol. The summed E-state index contributed by atoms with van der Waals surface area (Å²) in [5.74, 6) is -3.02. The van der Waals surface area contributed by atoms with Crippen LogP contribution in [-0.2, 0) is 16.0 Å². The number of rotatable bonds is 11. The first kappa shape index (κ1) is 28.8. The molecule has 7 nitrogen and oxygen atoms in total. The molecule has 0 fully saturated rings. The fourth-order valence-corrected chi connectivity index (χ4v) is 3.84. The van der Waals surface area contributed by atoms with Crippen LogP contribution in [0.15, 0.2) is 48.5 Å². The number of ketones is 1. The first-order valence-electron chi connectivity index (χ1n) is 11.3. The molecule has 0 saturated heterocycles. The molecule has 0 heterocycles. The van der Waals surface area contributed by atoms with Crippen LogP contribution in [0.2, 0.25) is 0 Å². The van der Waals surface area contributed by atoms with E-state index in [0.717, 1.165) is 0 Å². The van der Waals surface area contributed by atoms with E-state index in [2.05, 4.69) is 5.32 Å². The van der Waals surface area contributed by atoms with Crippen molar-refractivity contribution >= 4 is 11.7 Å². The minimum absolute atomic E-state index is 0.0144. The first-order valence-corrected chi connectivity index (χ1v) is 11.3. The van der Waals surface area contributed by atoms with Crippen molar-refractivity contribution in [3.05, 3.63) is 65.2 Å². The number of nitrogens with one attached hydrogen (secondary N) is 1. The number of nitrogens with two attached hydrogens (primary N) is 1. The number of hydrogen-bond donors (Lipinski definition) is 3. The van der Waals surface area contributed by atoms with Gasteiger partial charge in [-0.15, -0.1) is 0 Å². The molecule has 194 valence electrons. The highest BCUT2D eigenvalue weighted by molar-refractivity contribution is 5.92. The average molecular weight is 506 g/mol. The monoisotopic (exact) mass is 505 g/mol. The molecule has 4 N–H and O–H groups in total. The molecule has 0 aliphatic carbocycles. The molecular formula is C26H30F3N3O4. The van der Waals surface area contributed by atoms with Crippen molar-refractivity contribution in [2.75, 3.05) is 7.11 Å². The Balaban J connectivity index is 2.31. The second-order valence-electron chi connectivity index (χ2n) is 8.86. The van der Waals surface area contributed by atoms with Crippen molar-refractivity contribution in [1.29, 1.82) is 5.26 Å². The standard InChI is InChI=1S/C26H30F3N3O4/c1-15(2)20(24(34)26(27,28)29)13-22(33)23(16-8-10-19(36-3)11-9-16)32-25(35)21(31)12-17-6-4-5-7-18(17)14-30/h4-11,15,20-21,23-24,34H,12-13,31H2,1-3H3,(H,32,35)/t20-,21-,23-,24-/m0/s1. The van der Waals surface area contributed by atoms with Gasteiger partial charge in [0.05, 0.1) is 24.8 Å². The number of nitriles is 1. The van der Waals surface area contributed by atoms with Crippen LogP contribution >= 0.6 is 0 Å². The van der Waals surface area contributed by atoms with Gasteiger partial charge in [-0.2, -0.15) is 18.4 Å². The Morgan fingerprint density at radius 2 is 1.75 bits per heavy atom. The van der Waals surface area contributed by atoms with Crippen LogP contribution in [0, 0.1) is 23.2 Å². The highest BCUT2D eigenvalue weighted by atomic mass is 19.4. The van der Waals surface area contributed by atoms with Gasteiger partial charge in [0.2, 0.25) is 5.91 Å². The second-order valence-corrected chi connectivity index (χ2v) is 8.86. The van der Waals surface area contributed by atoms with Gasteiger partial charge < -0.3 is 20.9 Å². The Kier molecular flexibility index (Phi) is 10.0. The van der Waals surface area contributed by atoms with Gasteiger partial charge in [-0.1, -0.05) is 44.2 Å². The van der Waals surface area contributed by atoms with Crippen molar-refractivity contribution in [2.24, 2.45) is 17.6 Å². The number of halogens is 3. The molecule has 0 aromatic heterocycles. The minimum Gasteiger partial charge on any atom is -0.497 e. The zero-order chi connectivity index (χ0) is 27.0. The molecule has 2 aromatic carbocycles. The van der Waals surface area contributed by atoms with E-state index in [4.69, 9.17) is 10.5 Å². The fraction of sp³-hybridized carbons (Fsp3) is 0.423. The summed E-state index contributed by atoms with van der Waals surface area (Å²) < 4.78 is 44.8. The first-order chi connectivity index (χ1) is 16.9. The maximum atomic E-state index is 13.3. The molecule has 0 aliphatic heterocycles. The van der Waals surface area contributed by atoms with Crippen LogP contribution in [0.4, 0.5) is 13.2 Å². The van der Waals surface area contributed by atoms with Crippen LogP contribution in [0.3, 0.4) is 0 Å². The second kappa shape index (κ2) is 12.5. The van der Waals surface area contributed by atoms with Crippen molar-refractivity contribution in [3.63, 3.8) is 0 Å². The summed E-state index contributed by atoms with van der Waals surface area (Å²) in [6.45, 7) is 2.97. The zero-order valence-corrected chi connectivity index (χ0v) is 20.3. The summed E-state index contributed by atoms with van der Waals surface area (Å²) in [6.07, 6.45) is -8.20. The van der Waals surface area contributed by atoms with Gasteiger partial charge in [-0.25, -0.2) is 0 Å². The largest absolute Gasteiger partial charge is 0.497 e. The molecular weight excluding hydrogens is 475 g/mol. The topological polar surface area (TPSA) is 125 Å². The number of amides is 1. The molecule has 0 saturated carbocycles. The third-order valence-corrected chi connectivity index (χ3v) is 6.01. The molecule has 36 heavy (non-hydrogen) atoms. The van der Waals surface area contributed by atoms with Crippen molar-refractivity contribution < 1.29 is 32.6 Å². The van der Waals surface area contributed by atoms with E-state index in [1.807, 2.05) is 6.07 Å². The number of methoxy groups -OCH3 is 1. The molecule has 0 unspecified atom stereocenters. The highest BCUT2D eigenvalue weighted by Gasteiger charge is 2.45. The van der Waals surface area contributed by atoms with E-state index in [1.54, 1.807) is 36.4 Å². The summed E-state index contributed by atoms with van der Waals surface area (Å²) >= 11 is 0. The number of carbonyl (C=O) groups excluding carboxylic acids is 2. The smallest absolute Gasteiger partial charge is 0.414 e. The third kappa shape index (κ3) is 7.54. The molecule has 0 bridgehead atoms. The van der Waals surface area contributed by atoms with E-state index < -0.39 is 54.3 Å². The van der Waals surface area contributed by atoms with E-state index in [9.17, 15) is 33.1 Å². The van der Waals surface area contributed by atoms with E-state index in [-0.39, 0.29) is 6.42 Å². The lowest BCUT2D eigenvalue weighted by Gasteiger charge is -2.29. The predicted octanol–water partition coefficient (Wildman–Crippen LogP) is 3.45. The normalized spacial score (nSPS) is 14.9. The lowest BCUT2D eigenvalue weighted by Crippen LogP contribution is -2.46. The molecule has 2 aromatic rings. The Hall–Kier alpha value is -3.42. The van der Waals surface area contributed by atoms with Crippen LogP contribution in [0.5, 0.6) is 5.75 Å². The quantitative estimate of drug-likeness (QED) is 0.430. The number of aliphatic hydroxyl groups excluding tert-OH is 1. The molecule has 0 aliphatic rings. The number of nitrogens with zero attached hydrogens (tertiary/aromatic N) is 1. The van der Waals surface area contributed by atoms with E-state index in [1.165, 1.54) is 33.1 Å². The molecule has 2 rings (SSSR count). The minimum atomic E-state index is -4.90. The zero-order valence-electron chi connectivity index (χ0n) is 20.3. The Labute approximate surface area is 208 Å². The number of aliphatic hydroxyl groups is 1. The lowest BCUT2D eigenvalue weighted by molar-refractivity contribution is -0.224. The number of carbonyl (C=O) groups is 2. The number of hydrogen-bond acceptors (Lipinski definition) is 6. The lowest BCUT2D eigenvalue weighted by atomic mass is 9.83. The van der Waals surface area contributed by atoms with Gasteiger partial charge >= 0.3 is 6.18 Å². The van der Waals surface area contributed by atoms with E-state index in [0.29, 0.717) is 22.4 Å². The maximum absolute atomic E-state index is 13.3. The van der Waals surface area contributed by atoms with Crippen LogP contribution < -0.4 is 15.8 Å². The Bertz CT molecular complexity index is 1080. The van der Waals surface area contributed by atoms with Crippen LogP contribution in [0.1, 0.15) is 43.0 Å². The number of benzene rings is 2. The summed E-state index contributed by atoms with van der Waals surface area (Å²) in [5, 5.41) is 21.7. The van der Waals surface area contributed by atoms with Gasteiger partial charge in [0.15, 0.2) is 11.9 Å². The molecule has 4 atom stereocenters. The summed E-state index contributed by atoms with van der Waals surface area (Å²) in [5.41, 5.74) is 7.28. The number of Topliss-reactive ketones (excluding diaryl/α,β-unsaturated/α-hetero) is 1. The molecule has 0 spiro atoms. The van der Waals surface area contributed by atoms with Crippen LogP contribution in [-0.4, -0.2) is 42.2 Å². The Morgan fingerprint density at radius 3 is 2.28 bits per heavy atom. The SMILES string of the molecule is COc1ccc([C@H](NC(=O)[C@@H](N)Cc2ccccc2C#N)C(=O)C[C@@H](C(C)C)[C@H](O)C(F)(F)F)cc1.